The highest BCUT2D eigenvalue weighted by molar-refractivity contribution is 5.78. The van der Waals surface area contributed by atoms with Gasteiger partial charge in [-0.05, 0) is 54.5 Å². The molecule has 0 aromatic heterocycles. The van der Waals surface area contributed by atoms with Crippen LogP contribution in [0.2, 0.25) is 0 Å². The number of nitrogens with zero attached hydrogens (tertiary/aromatic N) is 2. The van der Waals surface area contributed by atoms with Crippen LogP contribution >= 0.6 is 0 Å². The van der Waals surface area contributed by atoms with Crippen LogP contribution in [-0.4, -0.2) is 0 Å². The van der Waals surface area contributed by atoms with Gasteiger partial charge in [-0.2, -0.15) is 10.5 Å². The van der Waals surface area contributed by atoms with Crippen molar-refractivity contribution >= 4 is 5.57 Å². The highest BCUT2D eigenvalue weighted by Crippen LogP contribution is 2.23. The maximum absolute atomic E-state index is 9.37. The van der Waals surface area contributed by atoms with Crippen molar-refractivity contribution in [3.63, 3.8) is 0 Å². The second kappa shape index (κ2) is 12.4. The van der Waals surface area contributed by atoms with Gasteiger partial charge < -0.3 is 0 Å². The third kappa shape index (κ3) is 7.01. The number of benzene rings is 1. The van der Waals surface area contributed by atoms with Gasteiger partial charge in [-0.15, -0.1) is 0 Å². The molecule has 0 aliphatic rings. The van der Waals surface area contributed by atoms with Crippen molar-refractivity contribution in [3.8, 4) is 12.1 Å². The lowest BCUT2D eigenvalue weighted by Crippen LogP contribution is -1.97. The van der Waals surface area contributed by atoms with Crippen LogP contribution in [0.1, 0.15) is 81.9 Å². The summed E-state index contributed by atoms with van der Waals surface area (Å²) in [5.74, 6) is 0. The molecule has 0 bridgehead atoms. The van der Waals surface area contributed by atoms with E-state index in [1.165, 1.54) is 38.5 Å². The van der Waals surface area contributed by atoms with E-state index in [4.69, 9.17) is 5.26 Å². The molecule has 0 heterocycles. The predicted molar refractivity (Wildman–Crippen MR) is 98.8 cm³/mol. The molecule has 2 nitrogen and oxygen atoms in total. The van der Waals surface area contributed by atoms with Crippen LogP contribution in [0.4, 0.5) is 0 Å². The largest absolute Gasteiger partial charge is 0.192 e. The highest BCUT2D eigenvalue weighted by atomic mass is 14.3. The van der Waals surface area contributed by atoms with E-state index in [2.05, 4.69) is 32.1 Å². The number of hydrogen-bond donors (Lipinski definition) is 0. The van der Waals surface area contributed by atoms with Crippen LogP contribution in [0.15, 0.2) is 12.1 Å². The summed E-state index contributed by atoms with van der Waals surface area (Å²) >= 11 is 0. The molecule has 2 heteroatoms. The van der Waals surface area contributed by atoms with Gasteiger partial charge in [0.1, 0.15) is 12.1 Å². The Morgan fingerprint density at radius 3 is 2.21 bits per heavy atom. The molecule has 0 atom stereocenters. The molecule has 0 fully saturated rings. The molecule has 1 rings (SSSR count). The summed E-state index contributed by atoms with van der Waals surface area (Å²) in [6.07, 6.45) is 14.1. The van der Waals surface area contributed by atoms with Crippen molar-refractivity contribution in [2.75, 3.05) is 0 Å². The Bertz CT molecular complexity index is 599. The first kappa shape index (κ1) is 20.0. The van der Waals surface area contributed by atoms with Gasteiger partial charge >= 0.3 is 0 Å². The molecule has 0 saturated heterocycles. The normalized spacial score (nSPS) is 11.1. The molecule has 1 aromatic carbocycles. The van der Waals surface area contributed by atoms with Crippen LogP contribution in [0.25, 0.3) is 5.57 Å². The molecule has 0 aliphatic carbocycles. The predicted octanol–water partition coefficient (Wildman–Crippen LogP) is 5.97. The van der Waals surface area contributed by atoms with Gasteiger partial charge in [0.05, 0.1) is 11.6 Å². The number of aryl methyl sites for hydroxylation is 2. The summed E-state index contributed by atoms with van der Waals surface area (Å²) in [5.41, 5.74) is 3.47. The summed E-state index contributed by atoms with van der Waals surface area (Å²) in [7, 11) is 0. The van der Waals surface area contributed by atoms with Crippen LogP contribution in [0.5, 0.6) is 0 Å². The van der Waals surface area contributed by atoms with Crippen molar-refractivity contribution in [3.05, 3.63) is 41.0 Å². The smallest absolute Gasteiger partial charge is 0.102 e. The van der Waals surface area contributed by atoms with Crippen LogP contribution in [-0.2, 0) is 12.8 Å². The molecule has 2 radical (unpaired) electrons. The van der Waals surface area contributed by atoms with E-state index in [9.17, 15) is 5.26 Å². The van der Waals surface area contributed by atoms with Crippen molar-refractivity contribution in [1.29, 1.82) is 10.5 Å². The second-order valence-electron chi connectivity index (χ2n) is 6.24. The van der Waals surface area contributed by atoms with Crippen molar-refractivity contribution in [2.24, 2.45) is 0 Å². The molecule has 24 heavy (non-hydrogen) atoms. The Labute approximate surface area is 147 Å². The number of hydrogen-bond acceptors (Lipinski definition) is 2. The maximum Gasteiger partial charge on any atom is 0.102 e. The second-order valence-corrected chi connectivity index (χ2v) is 6.24. The molecular formula is C22H28N2. The van der Waals surface area contributed by atoms with Crippen LogP contribution in [0.3, 0.4) is 0 Å². The fourth-order valence-corrected chi connectivity index (χ4v) is 2.85. The molecular weight excluding hydrogens is 292 g/mol. The zero-order valence-corrected chi connectivity index (χ0v) is 15.1. The van der Waals surface area contributed by atoms with Crippen molar-refractivity contribution in [1.82, 2.24) is 0 Å². The van der Waals surface area contributed by atoms with Crippen molar-refractivity contribution < 1.29 is 0 Å². The number of allylic oxidation sites excluding steroid dienone is 2. The number of rotatable bonds is 11. The minimum atomic E-state index is 0.354. The van der Waals surface area contributed by atoms with Gasteiger partial charge in [0.25, 0.3) is 0 Å². The first-order chi connectivity index (χ1) is 11.8. The molecule has 1 aromatic rings. The molecule has 0 N–H and O–H groups in total. The molecule has 126 valence electrons. The minimum Gasteiger partial charge on any atom is -0.192 e. The average molecular weight is 320 g/mol. The molecule has 0 aliphatic heterocycles. The monoisotopic (exact) mass is 320 g/mol. The maximum atomic E-state index is 9.37. The van der Waals surface area contributed by atoms with E-state index in [0.29, 0.717) is 5.57 Å². The van der Waals surface area contributed by atoms with Crippen LogP contribution in [0, 0.1) is 34.8 Å². The lowest BCUT2D eigenvalue weighted by atomic mass is 9.92. The molecule has 0 saturated carbocycles. The van der Waals surface area contributed by atoms with E-state index in [1.54, 1.807) is 0 Å². The van der Waals surface area contributed by atoms with Gasteiger partial charge in [-0.3, -0.25) is 0 Å². The van der Waals surface area contributed by atoms with Gasteiger partial charge in [0, 0.05) is 0 Å². The Balaban J connectivity index is 2.91. The van der Waals surface area contributed by atoms with Gasteiger partial charge in [0.2, 0.25) is 0 Å². The summed E-state index contributed by atoms with van der Waals surface area (Å²) in [6, 6.07) is 11.5. The third-order valence-electron chi connectivity index (χ3n) is 4.26. The fourth-order valence-electron chi connectivity index (χ4n) is 2.85. The third-order valence-corrected chi connectivity index (χ3v) is 4.26. The topological polar surface area (TPSA) is 47.6 Å². The number of nitriles is 2. The Morgan fingerprint density at radius 2 is 1.62 bits per heavy atom. The zero-order valence-electron chi connectivity index (χ0n) is 15.1. The minimum absolute atomic E-state index is 0.354. The zero-order chi connectivity index (χ0) is 17.6. The SMILES string of the molecule is CCCCCCc1[c]cc(CCCCCC)c(C(=[C]C#N)C#N)c1. The molecule has 0 spiro atoms. The average Bonchev–Trinajstić information content (AvgIpc) is 2.61. The highest BCUT2D eigenvalue weighted by Gasteiger charge is 2.10. The lowest BCUT2D eigenvalue weighted by Gasteiger charge is -2.11. The van der Waals surface area contributed by atoms with Gasteiger partial charge in [-0.25, -0.2) is 0 Å². The van der Waals surface area contributed by atoms with E-state index < -0.39 is 0 Å². The first-order valence-electron chi connectivity index (χ1n) is 9.22. The van der Waals surface area contributed by atoms with E-state index >= 15 is 0 Å². The summed E-state index contributed by atoms with van der Waals surface area (Å²) < 4.78 is 0. The van der Waals surface area contributed by atoms with Crippen LogP contribution < -0.4 is 0 Å². The summed E-state index contributed by atoms with van der Waals surface area (Å²) in [4.78, 5) is 0. The van der Waals surface area contributed by atoms with Gasteiger partial charge in [0.15, 0.2) is 0 Å². The summed E-state index contributed by atoms with van der Waals surface area (Å²) in [5, 5.41) is 18.3. The van der Waals surface area contributed by atoms with E-state index in [-0.39, 0.29) is 0 Å². The Kier molecular flexibility index (Phi) is 10.3. The Morgan fingerprint density at radius 1 is 0.958 bits per heavy atom. The Hall–Kier alpha value is -2.06. The first-order valence-corrected chi connectivity index (χ1v) is 9.22. The van der Waals surface area contributed by atoms with Crippen molar-refractivity contribution in [2.45, 2.75) is 78.1 Å². The standard InChI is InChI=1S/C22H28N2/c1-3-5-7-9-11-19-13-14-20(12-10-8-6-4-2)22(17-19)21(18-24)15-16-23/h14,17H,3-12H2,1-2H3. The van der Waals surface area contributed by atoms with E-state index in [1.807, 2.05) is 18.2 Å². The molecule has 0 unspecified atom stereocenters. The fraction of sp³-hybridized carbons (Fsp3) is 0.545. The lowest BCUT2D eigenvalue weighted by molar-refractivity contribution is 0.663. The summed E-state index contributed by atoms with van der Waals surface area (Å²) in [6.45, 7) is 4.41. The quantitative estimate of drug-likeness (QED) is 0.372. The molecule has 0 amide bonds. The van der Waals surface area contributed by atoms with E-state index in [0.717, 1.165) is 42.4 Å². The number of unbranched alkanes of at least 4 members (excludes halogenated alkanes) is 6. The van der Waals surface area contributed by atoms with Gasteiger partial charge in [-0.1, -0.05) is 58.4 Å².